The molecule has 0 aliphatic carbocycles. The van der Waals surface area contributed by atoms with Gasteiger partial charge >= 0.3 is 0 Å². The van der Waals surface area contributed by atoms with Crippen LogP contribution in [-0.2, 0) is 4.79 Å². The Kier molecular flexibility index (Phi) is 3.18. The zero-order chi connectivity index (χ0) is 16.0. The van der Waals surface area contributed by atoms with Crippen LogP contribution >= 0.6 is 0 Å². The van der Waals surface area contributed by atoms with Crippen molar-refractivity contribution in [3.8, 4) is 5.75 Å². The number of hydrogen-bond donors (Lipinski definition) is 0. The molecule has 2 aliphatic heterocycles. The highest BCUT2D eigenvalue weighted by Gasteiger charge is 2.44. The molecule has 0 spiro atoms. The fraction of sp³-hybridized carbons (Fsp3) is 0.263. The van der Waals surface area contributed by atoms with Crippen LogP contribution < -0.4 is 4.74 Å². The van der Waals surface area contributed by atoms with Crippen LogP contribution in [0.15, 0.2) is 53.6 Å². The SMILES string of the molecule is CC(=O)N1N=C2c3cc(C)ccc3OCC2[C@H]1c1ccccc1. The Morgan fingerprint density at radius 1 is 1.22 bits per heavy atom. The third-order valence-electron chi connectivity index (χ3n) is 4.50. The lowest BCUT2D eigenvalue weighted by atomic mass is 9.85. The number of benzene rings is 2. The lowest BCUT2D eigenvalue weighted by Gasteiger charge is -2.29. The Hall–Kier alpha value is -2.62. The zero-order valence-corrected chi connectivity index (χ0v) is 13.2. The van der Waals surface area contributed by atoms with Gasteiger partial charge in [-0.1, -0.05) is 42.0 Å². The monoisotopic (exact) mass is 306 g/mol. The highest BCUT2D eigenvalue weighted by atomic mass is 16.5. The molecule has 2 aromatic carbocycles. The van der Waals surface area contributed by atoms with Crippen molar-refractivity contribution in [2.24, 2.45) is 11.0 Å². The lowest BCUT2D eigenvalue weighted by Crippen LogP contribution is -2.34. The Morgan fingerprint density at radius 2 is 2.00 bits per heavy atom. The van der Waals surface area contributed by atoms with Crippen LogP contribution in [0.2, 0.25) is 0 Å². The average molecular weight is 306 g/mol. The van der Waals surface area contributed by atoms with Crippen LogP contribution in [0.5, 0.6) is 5.75 Å². The van der Waals surface area contributed by atoms with Crippen molar-refractivity contribution in [1.82, 2.24) is 5.01 Å². The van der Waals surface area contributed by atoms with E-state index in [1.807, 2.05) is 42.5 Å². The molecule has 2 aliphatic rings. The van der Waals surface area contributed by atoms with Gasteiger partial charge in [0.05, 0.1) is 24.3 Å². The van der Waals surface area contributed by atoms with Crippen molar-refractivity contribution < 1.29 is 9.53 Å². The number of rotatable bonds is 1. The Labute approximate surface area is 135 Å². The molecule has 4 rings (SSSR count). The second-order valence-corrected chi connectivity index (χ2v) is 6.12. The van der Waals surface area contributed by atoms with E-state index in [1.54, 1.807) is 11.9 Å². The predicted octanol–water partition coefficient (Wildman–Crippen LogP) is 3.31. The number of nitrogens with zero attached hydrogens (tertiary/aromatic N) is 2. The standard InChI is InChI=1S/C19H18N2O2/c1-12-8-9-17-15(10-12)18-16(11-23-17)19(21(20-18)13(2)22)14-6-4-3-5-7-14/h3-10,16,19H,11H2,1-2H3/t16?,19-/m1/s1. The highest BCUT2D eigenvalue weighted by molar-refractivity contribution is 6.07. The summed E-state index contributed by atoms with van der Waals surface area (Å²) in [6.07, 6.45) is 0. The molecule has 2 atom stereocenters. The van der Waals surface area contributed by atoms with Crippen LogP contribution in [-0.4, -0.2) is 23.2 Å². The van der Waals surface area contributed by atoms with E-state index in [1.165, 1.54) is 0 Å². The largest absolute Gasteiger partial charge is 0.492 e. The first-order valence-corrected chi connectivity index (χ1v) is 7.82. The van der Waals surface area contributed by atoms with Crippen LogP contribution in [0, 0.1) is 12.8 Å². The maximum atomic E-state index is 12.1. The Bertz CT molecular complexity index is 798. The topological polar surface area (TPSA) is 41.9 Å². The van der Waals surface area contributed by atoms with Crippen LogP contribution in [0.1, 0.15) is 29.7 Å². The van der Waals surface area contributed by atoms with Gasteiger partial charge in [-0.25, -0.2) is 5.01 Å². The maximum Gasteiger partial charge on any atom is 0.240 e. The molecule has 0 saturated heterocycles. The number of ether oxygens (including phenoxy) is 1. The molecular weight excluding hydrogens is 288 g/mol. The summed E-state index contributed by atoms with van der Waals surface area (Å²) < 4.78 is 5.95. The fourth-order valence-corrected chi connectivity index (χ4v) is 3.44. The van der Waals surface area contributed by atoms with Crippen molar-refractivity contribution in [2.75, 3.05) is 6.61 Å². The maximum absolute atomic E-state index is 12.1. The predicted molar refractivity (Wildman–Crippen MR) is 88.4 cm³/mol. The smallest absolute Gasteiger partial charge is 0.240 e. The molecule has 23 heavy (non-hydrogen) atoms. The molecule has 0 N–H and O–H groups in total. The zero-order valence-electron chi connectivity index (χ0n) is 13.2. The van der Waals surface area contributed by atoms with E-state index < -0.39 is 0 Å². The Balaban J connectivity index is 1.83. The van der Waals surface area contributed by atoms with E-state index in [0.29, 0.717) is 6.61 Å². The van der Waals surface area contributed by atoms with Gasteiger partial charge in [-0.3, -0.25) is 4.79 Å². The van der Waals surface area contributed by atoms with Crippen LogP contribution in [0.3, 0.4) is 0 Å². The summed E-state index contributed by atoms with van der Waals surface area (Å²) in [6, 6.07) is 16.1. The third kappa shape index (κ3) is 2.22. The van der Waals surface area contributed by atoms with Gasteiger partial charge in [0.15, 0.2) is 0 Å². The fourth-order valence-electron chi connectivity index (χ4n) is 3.44. The minimum Gasteiger partial charge on any atom is -0.492 e. The molecule has 1 unspecified atom stereocenters. The summed E-state index contributed by atoms with van der Waals surface area (Å²) in [7, 11) is 0. The molecule has 4 heteroatoms. The molecule has 4 nitrogen and oxygen atoms in total. The van der Waals surface area contributed by atoms with Gasteiger partial charge in [-0.2, -0.15) is 5.10 Å². The number of amides is 1. The molecular formula is C19H18N2O2. The molecule has 0 bridgehead atoms. The van der Waals surface area contributed by atoms with E-state index >= 15 is 0 Å². The van der Waals surface area contributed by atoms with Gasteiger partial charge < -0.3 is 4.74 Å². The van der Waals surface area contributed by atoms with Crippen LogP contribution in [0.4, 0.5) is 0 Å². The van der Waals surface area contributed by atoms with Gasteiger partial charge in [-0.15, -0.1) is 0 Å². The molecule has 2 aromatic rings. The summed E-state index contributed by atoms with van der Waals surface area (Å²) in [4.78, 5) is 12.1. The first-order chi connectivity index (χ1) is 11.1. The first kappa shape index (κ1) is 14.0. The van der Waals surface area contributed by atoms with Gasteiger partial charge in [0.1, 0.15) is 5.75 Å². The highest BCUT2D eigenvalue weighted by Crippen LogP contribution is 2.42. The third-order valence-corrected chi connectivity index (χ3v) is 4.50. The normalized spacial score (nSPS) is 22.0. The number of carbonyl (C=O) groups excluding carboxylic acids is 1. The van der Waals surface area contributed by atoms with Crippen molar-refractivity contribution in [2.45, 2.75) is 19.9 Å². The molecule has 2 heterocycles. The summed E-state index contributed by atoms with van der Waals surface area (Å²) in [6.45, 7) is 4.16. The summed E-state index contributed by atoms with van der Waals surface area (Å²) in [5.41, 5.74) is 4.21. The van der Waals surface area contributed by atoms with Crippen LogP contribution in [0.25, 0.3) is 0 Å². The molecule has 0 radical (unpaired) electrons. The second-order valence-electron chi connectivity index (χ2n) is 6.12. The van der Waals surface area contributed by atoms with Gasteiger partial charge in [0, 0.05) is 12.5 Å². The van der Waals surface area contributed by atoms with Crippen molar-refractivity contribution >= 4 is 11.6 Å². The van der Waals surface area contributed by atoms with E-state index in [9.17, 15) is 4.79 Å². The average Bonchev–Trinajstić information content (AvgIpc) is 2.96. The van der Waals surface area contributed by atoms with E-state index in [2.05, 4.69) is 18.1 Å². The second kappa shape index (κ2) is 5.23. The molecule has 0 saturated carbocycles. The molecule has 0 aromatic heterocycles. The number of hydrazone groups is 1. The van der Waals surface area contributed by atoms with E-state index in [4.69, 9.17) is 4.74 Å². The number of carbonyl (C=O) groups is 1. The number of fused-ring (bicyclic) bond motifs is 3. The summed E-state index contributed by atoms with van der Waals surface area (Å²) in [5, 5.41) is 6.28. The minimum absolute atomic E-state index is 0.0463. The van der Waals surface area contributed by atoms with Gasteiger partial charge in [0.25, 0.3) is 0 Å². The number of hydrogen-bond acceptors (Lipinski definition) is 3. The van der Waals surface area contributed by atoms with Crippen molar-refractivity contribution in [3.05, 3.63) is 65.2 Å². The minimum atomic E-state index is -0.0997. The molecule has 0 fully saturated rings. The molecule has 116 valence electrons. The first-order valence-electron chi connectivity index (χ1n) is 7.82. The quantitative estimate of drug-likeness (QED) is 0.811. The van der Waals surface area contributed by atoms with Crippen molar-refractivity contribution in [3.63, 3.8) is 0 Å². The lowest BCUT2D eigenvalue weighted by molar-refractivity contribution is -0.131. The summed E-state index contributed by atoms with van der Waals surface area (Å²) in [5.74, 6) is 0.869. The number of aryl methyl sites for hydroxylation is 1. The van der Waals surface area contributed by atoms with E-state index in [0.717, 1.165) is 28.2 Å². The Morgan fingerprint density at radius 3 is 2.74 bits per heavy atom. The summed E-state index contributed by atoms with van der Waals surface area (Å²) >= 11 is 0. The molecule has 1 amide bonds. The van der Waals surface area contributed by atoms with E-state index in [-0.39, 0.29) is 17.9 Å². The van der Waals surface area contributed by atoms with Gasteiger partial charge in [-0.05, 0) is 24.6 Å². The van der Waals surface area contributed by atoms with Gasteiger partial charge in [0.2, 0.25) is 5.91 Å². The van der Waals surface area contributed by atoms with Crippen molar-refractivity contribution in [1.29, 1.82) is 0 Å².